The molecule has 2 heteroatoms. The number of pyridine rings is 1. The Bertz CT molecular complexity index is 451. The van der Waals surface area contributed by atoms with Crippen molar-refractivity contribution in [3.8, 4) is 0 Å². The van der Waals surface area contributed by atoms with Crippen LogP contribution in [0.2, 0.25) is 0 Å². The third-order valence-corrected chi connectivity index (χ3v) is 2.53. The maximum atomic E-state index is 4.62. The van der Waals surface area contributed by atoms with Crippen LogP contribution in [-0.2, 0) is 0 Å². The van der Waals surface area contributed by atoms with Crippen molar-refractivity contribution >= 4 is 16.7 Å². The molecule has 0 spiro atoms. The molecule has 2 rings (SSSR count). The van der Waals surface area contributed by atoms with Gasteiger partial charge in [0, 0.05) is 19.0 Å². The largest absolute Gasteiger partial charge is 0.360 e. The van der Waals surface area contributed by atoms with Crippen molar-refractivity contribution in [3.63, 3.8) is 0 Å². The summed E-state index contributed by atoms with van der Waals surface area (Å²) in [7, 11) is 2.08. The Morgan fingerprint density at radius 2 is 1.93 bits per heavy atom. The van der Waals surface area contributed by atoms with Crippen LogP contribution in [0.25, 0.3) is 10.9 Å². The summed E-state index contributed by atoms with van der Waals surface area (Å²) in [5.41, 5.74) is 1.07. The summed E-state index contributed by atoms with van der Waals surface area (Å²) < 4.78 is 0. The van der Waals surface area contributed by atoms with E-state index >= 15 is 0 Å². The van der Waals surface area contributed by atoms with Crippen molar-refractivity contribution in [2.75, 3.05) is 18.5 Å². The van der Waals surface area contributed by atoms with Crippen LogP contribution in [0.4, 0.5) is 5.82 Å². The minimum atomic E-state index is 1.05. The average Bonchev–Trinajstić information content (AvgIpc) is 2.29. The summed E-state index contributed by atoms with van der Waals surface area (Å²) >= 11 is 0. The fourth-order valence-electron chi connectivity index (χ4n) is 1.72. The monoisotopic (exact) mass is 200 g/mol. The molecule has 15 heavy (non-hydrogen) atoms. The second kappa shape index (κ2) is 4.30. The van der Waals surface area contributed by atoms with Gasteiger partial charge < -0.3 is 4.90 Å². The van der Waals surface area contributed by atoms with E-state index in [4.69, 9.17) is 0 Å². The van der Waals surface area contributed by atoms with Crippen LogP contribution in [0.1, 0.15) is 13.3 Å². The predicted octanol–water partition coefficient (Wildman–Crippen LogP) is 3.08. The van der Waals surface area contributed by atoms with Crippen molar-refractivity contribution in [2.24, 2.45) is 0 Å². The van der Waals surface area contributed by atoms with Crippen LogP contribution < -0.4 is 4.90 Å². The zero-order valence-corrected chi connectivity index (χ0v) is 9.27. The Balaban J connectivity index is 2.38. The highest BCUT2D eigenvalue weighted by Gasteiger charge is 2.01. The van der Waals surface area contributed by atoms with Crippen molar-refractivity contribution in [1.29, 1.82) is 0 Å². The molecule has 0 unspecified atom stereocenters. The van der Waals surface area contributed by atoms with E-state index in [0.717, 1.165) is 24.3 Å². The lowest BCUT2D eigenvalue weighted by atomic mass is 10.2. The highest BCUT2D eigenvalue weighted by molar-refractivity contribution is 5.80. The van der Waals surface area contributed by atoms with Crippen LogP contribution >= 0.6 is 0 Å². The Morgan fingerprint density at radius 3 is 2.73 bits per heavy atom. The number of hydrogen-bond acceptors (Lipinski definition) is 2. The molecule has 1 heterocycles. The Morgan fingerprint density at radius 1 is 1.13 bits per heavy atom. The van der Waals surface area contributed by atoms with Gasteiger partial charge in [-0.25, -0.2) is 4.98 Å². The van der Waals surface area contributed by atoms with Gasteiger partial charge in [-0.3, -0.25) is 0 Å². The van der Waals surface area contributed by atoms with E-state index in [9.17, 15) is 0 Å². The lowest BCUT2D eigenvalue weighted by molar-refractivity contribution is 0.840. The molecule has 1 aromatic carbocycles. The van der Waals surface area contributed by atoms with Crippen LogP contribution in [-0.4, -0.2) is 18.6 Å². The number of benzene rings is 1. The Kier molecular flexibility index (Phi) is 2.86. The fraction of sp³-hybridized carbons (Fsp3) is 0.308. The van der Waals surface area contributed by atoms with E-state index < -0.39 is 0 Å². The summed E-state index contributed by atoms with van der Waals surface area (Å²) in [5, 5.41) is 1.20. The zero-order valence-electron chi connectivity index (χ0n) is 9.27. The number of aromatic nitrogens is 1. The molecule has 2 aromatic rings. The number of rotatable bonds is 3. The van der Waals surface area contributed by atoms with E-state index in [2.05, 4.69) is 48.1 Å². The molecule has 0 fully saturated rings. The van der Waals surface area contributed by atoms with Gasteiger partial charge in [0.1, 0.15) is 5.82 Å². The normalized spacial score (nSPS) is 10.5. The van der Waals surface area contributed by atoms with Crippen LogP contribution in [0.15, 0.2) is 36.4 Å². The molecule has 0 N–H and O–H groups in total. The first-order chi connectivity index (χ1) is 7.31. The van der Waals surface area contributed by atoms with E-state index in [1.54, 1.807) is 0 Å². The first kappa shape index (κ1) is 9.97. The maximum Gasteiger partial charge on any atom is 0.128 e. The SMILES string of the molecule is CCCN(C)c1ccc2ccccc2n1. The molecule has 0 aliphatic rings. The van der Waals surface area contributed by atoms with Gasteiger partial charge in [0.15, 0.2) is 0 Å². The number of para-hydroxylation sites is 1. The van der Waals surface area contributed by atoms with Gasteiger partial charge in [0.05, 0.1) is 5.52 Å². The summed E-state index contributed by atoms with van der Waals surface area (Å²) in [6.07, 6.45) is 1.14. The van der Waals surface area contributed by atoms with Crippen LogP contribution in [0.3, 0.4) is 0 Å². The molecule has 0 aliphatic heterocycles. The number of nitrogens with zero attached hydrogens (tertiary/aromatic N) is 2. The van der Waals surface area contributed by atoms with Gasteiger partial charge in [0.25, 0.3) is 0 Å². The molecule has 0 saturated carbocycles. The average molecular weight is 200 g/mol. The molecule has 0 atom stereocenters. The number of hydrogen-bond donors (Lipinski definition) is 0. The molecule has 0 bridgehead atoms. The van der Waals surface area contributed by atoms with Crippen LogP contribution in [0.5, 0.6) is 0 Å². The molecule has 2 nitrogen and oxygen atoms in total. The second-order valence-electron chi connectivity index (χ2n) is 3.78. The third-order valence-electron chi connectivity index (χ3n) is 2.53. The standard InChI is InChI=1S/C13H16N2/c1-3-10-15(2)13-9-8-11-6-4-5-7-12(11)14-13/h4-9H,3,10H2,1-2H3. The summed E-state index contributed by atoms with van der Waals surface area (Å²) in [5.74, 6) is 1.05. The van der Waals surface area contributed by atoms with Gasteiger partial charge in [-0.05, 0) is 24.6 Å². The Hall–Kier alpha value is -1.57. The van der Waals surface area contributed by atoms with Crippen molar-refractivity contribution in [1.82, 2.24) is 4.98 Å². The molecule has 0 radical (unpaired) electrons. The minimum absolute atomic E-state index is 1.05. The lowest BCUT2D eigenvalue weighted by Crippen LogP contribution is -2.18. The highest BCUT2D eigenvalue weighted by Crippen LogP contribution is 2.16. The molecule has 0 saturated heterocycles. The molecular weight excluding hydrogens is 184 g/mol. The Labute approximate surface area is 90.6 Å². The molecule has 1 aromatic heterocycles. The first-order valence-electron chi connectivity index (χ1n) is 5.38. The summed E-state index contributed by atoms with van der Waals surface area (Å²) in [4.78, 5) is 6.81. The summed E-state index contributed by atoms with van der Waals surface area (Å²) in [6, 6.07) is 12.4. The van der Waals surface area contributed by atoms with E-state index in [1.807, 2.05) is 12.1 Å². The molecule has 78 valence electrons. The molecule has 0 aliphatic carbocycles. The second-order valence-corrected chi connectivity index (χ2v) is 3.78. The molecular formula is C13H16N2. The fourth-order valence-corrected chi connectivity index (χ4v) is 1.72. The first-order valence-corrected chi connectivity index (χ1v) is 5.38. The maximum absolute atomic E-state index is 4.62. The smallest absolute Gasteiger partial charge is 0.128 e. The minimum Gasteiger partial charge on any atom is -0.360 e. The van der Waals surface area contributed by atoms with E-state index in [-0.39, 0.29) is 0 Å². The van der Waals surface area contributed by atoms with Crippen molar-refractivity contribution < 1.29 is 0 Å². The van der Waals surface area contributed by atoms with Gasteiger partial charge in [-0.1, -0.05) is 25.1 Å². The quantitative estimate of drug-likeness (QED) is 0.757. The topological polar surface area (TPSA) is 16.1 Å². The van der Waals surface area contributed by atoms with Gasteiger partial charge in [0.2, 0.25) is 0 Å². The predicted molar refractivity (Wildman–Crippen MR) is 65.3 cm³/mol. The van der Waals surface area contributed by atoms with Crippen LogP contribution in [0, 0.1) is 0 Å². The highest BCUT2D eigenvalue weighted by atomic mass is 15.2. The number of fused-ring (bicyclic) bond motifs is 1. The number of anilines is 1. The third kappa shape index (κ3) is 2.09. The lowest BCUT2D eigenvalue weighted by Gasteiger charge is -2.17. The van der Waals surface area contributed by atoms with E-state index in [0.29, 0.717) is 0 Å². The van der Waals surface area contributed by atoms with Gasteiger partial charge >= 0.3 is 0 Å². The summed E-state index contributed by atoms with van der Waals surface area (Å²) in [6.45, 7) is 3.23. The van der Waals surface area contributed by atoms with Gasteiger partial charge in [-0.2, -0.15) is 0 Å². The van der Waals surface area contributed by atoms with Gasteiger partial charge in [-0.15, -0.1) is 0 Å². The van der Waals surface area contributed by atoms with E-state index in [1.165, 1.54) is 5.39 Å². The zero-order chi connectivity index (χ0) is 10.7. The van der Waals surface area contributed by atoms with Crippen molar-refractivity contribution in [3.05, 3.63) is 36.4 Å². The van der Waals surface area contributed by atoms with Crippen molar-refractivity contribution in [2.45, 2.75) is 13.3 Å². The molecule has 0 amide bonds.